The van der Waals surface area contributed by atoms with E-state index < -0.39 is 0 Å². The van der Waals surface area contributed by atoms with Gasteiger partial charge in [0.2, 0.25) is 5.88 Å². The molecule has 0 aliphatic heterocycles. The van der Waals surface area contributed by atoms with Crippen LogP contribution in [0.2, 0.25) is 0 Å². The van der Waals surface area contributed by atoms with Gasteiger partial charge in [0.15, 0.2) is 0 Å². The fraction of sp³-hybridized carbons (Fsp3) is 0.353. The standard InChI is InChI=1S/C17H21NO2/c1-4-12(2)15-7-5-6-8-16(15)20-17-13(3)9-14(11-19)10-18-17/h5-10,12,19H,4,11H2,1-3H3. The lowest BCUT2D eigenvalue weighted by molar-refractivity contribution is 0.281. The van der Waals surface area contributed by atoms with Gasteiger partial charge in [-0.15, -0.1) is 0 Å². The van der Waals surface area contributed by atoms with Crippen molar-refractivity contribution in [2.45, 2.75) is 39.7 Å². The molecule has 0 saturated heterocycles. The molecule has 0 spiro atoms. The Morgan fingerprint density at radius 1 is 1.30 bits per heavy atom. The summed E-state index contributed by atoms with van der Waals surface area (Å²) in [6, 6.07) is 9.97. The number of aryl methyl sites for hydroxylation is 1. The van der Waals surface area contributed by atoms with Crippen LogP contribution in [0.3, 0.4) is 0 Å². The van der Waals surface area contributed by atoms with Crippen LogP contribution in [0.5, 0.6) is 11.6 Å². The molecule has 3 nitrogen and oxygen atoms in total. The molecule has 0 bridgehead atoms. The van der Waals surface area contributed by atoms with E-state index in [1.807, 2.05) is 31.2 Å². The number of aliphatic hydroxyl groups is 1. The van der Waals surface area contributed by atoms with Crippen molar-refractivity contribution in [1.82, 2.24) is 4.98 Å². The number of rotatable bonds is 5. The molecule has 0 aliphatic rings. The Balaban J connectivity index is 2.30. The van der Waals surface area contributed by atoms with E-state index in [1.54, 1.807) is 6.20 Å². The summed E-state index contributed by atoms with van der Waals surface area (Å²) >= 11 is 0. The van der Waals surface area contributed by atoms with Crippen LogP contribution in [0.4, 0.5) is 0 Å². The Hall–Kier alpha value is -1.87. The molecule has 2 rings (SSSR count). The van der Waals surface area contributed by atoms with Crippen LogP contribution in [-0.2, 0) is 6.61 Å². The summed E-state index contributed by atoms with van der Waals surface area (Å²) in [6.07, 6.45) is 2.71. The highest BCUT2D eigenvalue weighted by Crippen LogP contribution is 2.32. The van der Waals surface area contributed by atoms with Gasteiger partial charge in [-0.3, -0.25) is 0 Å². The number of aromatic nitrogens is 1. The predicted molar refractivity (Wildman–Crippen MR) is 80.1 cm³/mol. The molecule has 1 aromatic carbocycles. The molecule has 0 fully saturated rings. The van der Waals surface area contributed by atoms with E-state index in [0.29, 0.717) is 11.8 Å². The van der Waals surface area contributed by atoms with E-state index in [-0.39, 0.29) is 6.61 Å². The molecule has 20 heavy (non-hydrogen) atoms. The molecule has 1 N–H and O–H groups in total. The van der Waals surface area contributed by atoms with Crippen molar-refractivity contribution in [3.63, 3.8) is 0 Å². The third kappa shape index (κ3) is 3.17. The first-order chi connectivity index (χ1) is 9.65. The third-order valence-corrected chi connectivity index (χ3v) is 3.54. The van der Waals surface area contributed by atoms with E-state index >= 15 is 0 Å². The van der Waals surface area contributed by atoms with Gasteiger partial charge in [0, 0.05) is 11.8 Å². The van der Waals surface area contributed by atoms with E-state index in [2.05, 4.69) is 24.9 Å². The molecule has 0 radical (unpaired) electrons. The summed E-state index contributed by atoms with van der Waals surface area (Å²) in [5, 5.41) is 9.11. The number of nitrogens with zero attached hydrogens (tertiary/aromatic N) is 1. The van der Waals surface area contributed by atoms with E-state index in [4.69, 9.17) is 9.84 Å². The predicted octanol–water partition coefficient (Wildman–Crippen LogP) is 4.19. The largest absolute Gasteiger partial charge is 0.438 e. The number of para-hydroxylation sites is 1. The quantitative estimate of drug-likeness (QED) is 0.886. The first kappa shape index (κ1) is 14.5. The van der Waals surface area contributed by atoms with Crippen molar-refractivity contribution >= 4 is 0 Å². The highest BCUT2D eigenvalue weighted by atomic mass is 16.5. The third-order valence-electron chi connectivity index (χ3n) is 3.54. The second kappa shape index (κ2) is 6.53. The lowest BCUT2D eigenvalue weighted by Gasteiger charge is -2.16. The minimum Gasteiger partial charge on any atom is -0.438 e. The molecule has 106 valence electrons. The van der Waals surface area contributed by atoms with Gasteiger partial charge in [0.25, 0.3) is 0 Å². The molecule has 0 saturated carbocycles. The second-order valence-electron chi connectivity index (χ2n) is 5.07. The van der Waals surface area contributed by atoms with E-state index in [1.165, 1.54) is 5.56 Å². The molecular formula is C17H21NO2. The summed E-state index contributed by atoms with van der Waals surface area (Å²) < 4.78 is 5.97. The SMILES string of the molecule is CCC(C)c1ccccc1Oc1ncc(CO)cc1C. The summed E-state index contributed by atoms with van der Waals surface area (Å²) in [5.74, 6) is 1.90. The van der Waals surface area contributed by atoms with E-state index in [0.717, 1.165) is 23.3 Å². The van der Waals surface area contributed by atoms with Gasteiger partial charge in [-0.05, 0) is 42.5 Å². The van der Waals surface area contributed by atoms with Crippen LogP contribution >= 0.6 is 0 Å². The first-order valence-corrected chi connectivity index (χ1v) is 6.98. The van der Waals surface area contributed by atoms with Gasteiger partial charge >= 0.3 is 0 Å². The summed E-state index contributed by atoms with van der Waals surface area (Å²) in [7, 11) is 0. The Bertz CT molecular complexity index is 581. The van der Waals surface area contributed by atoms with Crippen molar-refractivity contribution < 1.29 is 9.84 Å². The van der Waals surface area contributed by atoms with E-state index in [9.17, 15) is 0 Å². The maximum atomic E-state index is 9.11. The first-order valence-electron chi connectivity index (χ1n) is 6.98. The lowest BCUT2D eigenvalue weighted by Crippen LogP contribution is -1.99. The smallest absolute Gasteiger partial charge is 0.222 e. The molecule has 0 amide bonds. The Morgan fingerprint density at radius 3 is 2.70 bits per heavy atom. The van der Waals surface area contributed by atoms with Crippen molar-refractivity contribution in [2.24, 2.45) is 0 Å². The fourth-order valence-electron chi connectivity index (χ4n) is 2.12. The zero-order valence-electron chi connectivity index (χ0n) is 12.3. The average molecular weight is 271 g/mol. The summed E-state index contributed by atoms with van der Waals surface area (Å²) in [5.41, 5.74) is 2.92. The zero-order chi connectivity index (χ0) is 14.5. The van der Waals surface area contributed by atoms with Crippen LogP contribution in [-0.4, -0.2) is 10.1 Å². The van der Waals surface area contributed by atoms with Crippen LogP contribution in [0, 0.1) is 6.92 Å². The van der Waals surface area contributed by atoms with Crippen molar-refractivity contribution in [2.75, 3.05) is 0 Å². The molecule has 1 unspecified atom stereocenters. The number of hydrogen-bond donors (Lipinski definition) is 1. The minimum atomic E-state index is -0.00240. The zero-order valence-corrected chi connectivity index (χ0v) is 12.3. The monoisotopic (exact) mass is 271 g/mol. The fourth-order valence-corrected chi connectivity index (χ4v) is 2.12. The van der Waals surface area contributed by atoms with Gasteiger partial charge in [0.1, 0.15) is 5.75 Å². The topological polar surface area (TPSA) is 42.4 Å². The molecule has 1 aromatic heterocycles. The second-order valence-corrected chi connectivity index (χ2v) is 5.07. The molecule has 1 atom stereocenters. The maximum absolute atomic E-state index is 9.11. The highest BCUT2D eigenvalue weighted by Gasteiger charge is 2.12. The van der Waals surface area contributed by atoms with Crippen molar-refractivity contribution in [3.05, 3.63) is 53.2 Å². The summed E-state index contributed by atoms with van der Waals surface area (Å²) in [6.45, 7) is 6.29. The molecule has 0 aliphatic carbocycles. The molecule has 1 heterocycles. The molecular weight excluding hydrogens is 250 g/mol. The number of ether oxygens (including phenoxy) is 1. The number of aliphatic hydroxyl groups excluding tert-OH is 1. The van der Waals surface area contributed by atoms with Gasteiger partial charge in [-0.2, -0.15) is 0 Å². The minimum absolute atomic E-state index is 0.00240. The summed E-state index contributed by atoms with van der Waals surface area (Å²) in [4.78, 5) is 4.29. The number of pyridine rings is 1. The van der Waals surface area contributed by atoms with Gasteiger partial charge in [0.05, 0.1) is 6.61 Å². The average Bonchev–Trinajstić information content (AvgIpc) is 2.49. The molecule has 2 aromatic rings. The maximum Gasteiger partial charge on any atom is 0.222 e. The number of benzene rings is 1. The normalized spacial score (nSPS) is 12.2. The van der Waals surface area contributed by atoms with Crippen LogP contribution in [0.1, 0.15) is 42.9 Å². The molecule has 3 heteroatoms. The van der Waals surface area contributed by atoms with Gasteiger partial charge in [-0.1, -0.05) is 32.0 Å². The van der Waals surface area contributed by atoms with Crippen molar-refractivity contribution in [3.8, 4) is 11.6 Å². The van der Waals surface area contributed by atoms with Gasteiger partial charge in [-0.25, -0.2) is 4.98 Å². The van der Waals surface area contributed by atoms with Crippen LogP contribution < -0.4 is 4.74 Å². The number of hydrogen-bond acceptors (Lipinski definition) is 3. The Labute approximate surface area is 120 Å². The van der Waals surface area contributed by atoms with Crippen LogP contribution in [0.15, 0.2) is 36.5 Å². The van der Waals surface area contributed by atoms with Gasteiger partial charge < -0.3 is 9.84 Å². The Morgan fingerprint density at radius 2 is 2.05 bits per heavy atom. The Kier molecular flexibility index (Phi) is 4.74. The highest BCUT2D eigenvalue weighted by molar-refractivity contribution is 5.40. The lowest BCUT2D eigenvalue weighted by atomic mass is 9.98. The van der Waals surface area contributed by atoms with Crippen LogP contribution in [0.25, 0.3) is 0 Å². The van der Waals surface area contributed by atoms with Crippen molar-refractivity contribution in [1.29, 1.82) is 0 Å².